The van der Waals surface area contributed by atoms with Crippen LogP contribution in [0.2, 0.25) is 0 Å². The van der Waals surface area contributed by atoms with Gasteiger partial charge in [0, 0.05) is 21.1 Å². The molecule has 2 aromatic carbocycles. The summed E-state index contributed by atoms with van der Waals surface area (Å²) >= 11 is 4.00. The molecule has 106 valence electrons. The third-order valence-corrected chi connectivity index (χ3v) is 4.03. The Hall–Kier alpha value is -1.07. The summed E-state index contributed by atoms with van der Waals surface area (Å²) in [7, 11) is 0. The molecular weight excluding hydrogens is 344 g/mol. The van der Waals surface area contributed by atoms with Crippen molar-refractivity contribution in [2.75, 3.05) is 5.32 Å². The van der Waals surface area contributed by atoms with Gasteiger partial charge in [-0.15, -0.1) is 0 Å². The van der Waals surface area contributed by atoms with E-state index in [-0.39, 0.29) is 6.04 Å². The Bertz CT molecular complexity index is 560. The molecule has 1 N–H and O–H groups in total. The number of hydrogen-bond acceptors (Lipinski definition) is 2. The van der Waals surface area contributed by atoms with Gasteiger partial charge in [0.05, 0.1) is 0 Å². The first-order valence-corrected chi connectivity index (χ1v) is 7.79. The molecule has 2 rings (SSSR count). The van der Waals surface area contributed by atoms with Crippen molar-refractivity contribution in [2.45, 2.75) is 23.6 Å². The van der Waals surface area contributed by atoms with E-state index < -0.39 is 5.76 Å². The molecule has 0 heterocycles. The quantitative estimate of drug-likeness (QED) is 0.664. The fourth-order valence-electron chi connectivity index (χ4n) is 1.84. The Balaban J connectivity index is 2.02. The maximum atomic E-state index is 12.2. The summed E-state index contributed by atoms with van der Waals surface area (Å²) in [6, 6.07) is 15.2. The molecule has 0 radical (unpaired) electrons. The van der Waals surface area contributed by atoms with Gasteiger partial charge in [0.1, 0.15) is 0 Å². The lowest BCUT2D eigenvalue weighted by Gasteiger charge is -2.16. The molecule has 1 unspecified atom stereocenters. The third-order valence-electron chi connectivity index (χ3n) is 2.81. The molecule has 0 aromatic heterocycles. The molecule has 0 aliphatic carbocycles. The van der Waals surface area contributed by atoms with Gasteiger partial charge in [0.15, 0.2) is 0 Å². The van der Waals surface area contributed by atoms with E-state index in [4.69, 9.17) is 0 Å². The highest BCUT2D eigenvalue weighted by Crippen LogP contribution is 2.27. The highest BCUT2D eigenvalue weighted by molar-refractivity contribution is 9.10. The van der Waals surface area contributed by atoms with E-state index >= 15 is 0 Å². The maximum absolute atomic E-state index is 12.2. The summed E-state index contributed by atoms with van der Waals surface area (Å²) in [5.41, 5.74) is 2.07. The van der Waals surface area contributed by atoms with Crippen LogP contribution in [0.3, 0.4) is 0 Å². The molecule has 0 saturated carbocycles. The second-order valence-corrected chi connectivity index (χ2v) is 6.30. The molecule has 0 aliphatic rings. The molecule has 1 atom stereocenters. The van der Waals surface area contributed by atoms with Crippen molar-refractivity contribution >= 4 is 33.4 Å². The Morgan fingerprint density at radius 3 is 2.40 bits per heavy atom. The van der Waals surface area contributed by atoms with Crippen LogP contribution in [-0.2, 0) is 0 Å². The first-order valence-electron chi connectivity index (χ1n) is 6.11. The SMILES string of the molecule is CC(Nc1ccc(SC(F)F)cc1)c1cccc(Br)c1. The van der Waals surface area contributed by atoms with E-state index in [2.05, 4.69) is 34.2 Å². The summed E-state index contributed by atoms with van der Waals surface area (Å²) in [5, 5.41) is 3.35. The van der Waals surface area contributed by atoms with E-state index in [1.807, 2.05) is 30.3 Å². The molecule has 0 amide bonds. The number of alkyl halides is 2. The highest BCUT2D eigenvalue weighted by atomic mass is 79.9. The molecule has 0 fully saturated rings. The Morgan fingerprint density at radius 2 is 1.80 bits per heavy atom. The molecule has 1 nitrogen and oxygen atoms in total. The number of benzene rings is 2. The normalized spacial score (nSPS) is 12.4. The summed E-state index contributed by atoms with van der Waals surface area (Å²) < 4.78 is 25.5. The summed E-state index contributed by atoms with van der Waals surface area (Å²) in [6.07, 6.45) is 0. The largest absolute Gasteiger partial charge is 0.379 e. The van der Waals surface area contributed by atoms with E-state index in [9.17, 15) is 8.78 Å². The number of hydrogen-bond donors (Lipinski definition) is 1. The van der Waals surface area contributed by atoms with E-state index in [1.54, 1.807) is 12.1 Å². The van der Waals surface area contributed by atoms with E-state index in [0.717, 1.165) is 15.7 Å². The Morgan fingerprint density at radius 1 is 1.10 bits per heavy atom. The van der Waals surface area contributed by atoms with Crippen LogP contribution in [0, 0.1) is 0 Å². The van der Waals surface area contributed by atoms with Crippen LogP contribution in [0.1, 0.15) is 18.5 Å². The van der Waals surface area contributed by atoms with Gasteiger partial charge in [-0.2, -0.15) is 8.78 Å². The standard InChI is InChI=1S/C15H14BrF2NS/c1-10(11-3-2-4-12(16)9-11)19-13-5-7-14(8-6-13)20-15(17)18/h2-10,15,19H,1H3. The average molecular weight is 358 g/mol. The van der Waals surface area contributed by atoms with Crippen LogP contribution in [0.25, 0.3) is 0 Å². The van der Waals surface area contributed by atoms with Gasteiger partial charge in [-0.25, -0.2) is 0 Å². The molecule has 0 aliphatic heterocycles. The van der Waals surface area contributed by atoms with Gasteiger partial charge in [0.25, 0.3) is 5.76 Å². The summed E-state index contributed by atoms with van der Waals surface area (Å²) in [6.45, 7) is 2.06. The Kier molecular flexibility index (Phi) is 5.43. The monoisotopic (exact) mass is 357 g/mol. The number of rotatable bonds is 5. The molecule has 0 spiro atoms. The van der Waals surface area contributed by atoms with Gasteiger partial charge in [0.2, 0.25) is 0 Å². The van der Waals surface area contributed by atoms with Crippen LogP contribution >= 0.6 is 27.7 Å². The van der Waals surface area contributed by atoms with Crippen molar-refractivity contribution in [3.63, 3.8) is 0 Å². The second kappa shape index (κ2) is 7.09. The topological polar surface area (TPSA) is 12.0 Å². The van der Waals surface area contributed by atoms with Gasteiger partial charge in [-0.1, -0.05) is 39.8 Å². The van der Waals surface area contributed by atoms with Crippen LogP contribution in [0.5, 0.6) is 0 Å². The van der Waals surface area contributed by atoms with Crippen LogP contribution in [0.15, 0.2) is 57.9 Å². The minimum absolute atomic E-state index is 0.140. The third kappa shape index (κ3) is 4.49. The zero-order valence-electron chi connectivity index (χ0n) is 10.8. The first kappa shape index (κ1) is 15.3. The number of thioether (sulfide) groups is 1. The van der Waals surface area contributed by atoms with Crippen molar-refractivity contribution in [3.05, 3.63) is 58.6 Å². The minimum Gasteiger partial charge on any atom is -0.379 e. The minimum atomic E-state index is -2.38. The number of halogens is 3. The molecule has 20 heavy (non-hydrogen) atoms. The molecule has 0 saturated heterocycles. The van der Waals surface area contributed by atoms with Gasteiger partial charge < -0.3 is 5.32 Å². The predicted octanol–water partition coefficient (Wildman–Crippen LogP) is 5.94. The van der Waals surface area contributed by atoms with Crippen molar-refractivity contribution in [1.82, 2.24) is 0 Å². The zero-order valence-corrected chi connectivity index (χ0v) is 13.2. The van der Waals surface area contributed by atoms with Gasteiger partial charge in [-0.05, 0) is 48.9 Å². The lowest BCUT2D eigenvalue weighted by molar-refractivity contribution is 0.252. The molecule has 5 heteroatoms. The molecular formula is C15H14BrF2NS. The lowest BCUT2D eigenvalue weighted by Crippen LogP contribution is -2.06. The van der Waals surface area contributed by atoms with E-state index in [1.165, 1.54) is 0 Å². The predicted molar refractivity (Wildman–Crippen MR) is 84.5 cm³/mol. The van der Waals surface area contributed by atoms with Crippen molar-refractivity contribution in [2.24, 2.45) is 0 Å². The smallest absolute Gasteiger partial charge is 0.288 e. The fourth-order valence-corrected chi connectivity index (χ4v) is 2.76. The Labute approximate surface area is 129 Å². The van der Waals surface area contributed by atoms with Crippen LogP contribution in [0.4, 0.5) is 14.5 Å². The van der Waals surface area contributed by atoms with Gasteiger partial charge in [-0.3, -0.25) is 0 Å². The lowest BCUT2D eigenvalue weighted by atomic mass is 10.1. The van der Waals surface area contributed by atoms with Crippen molar-refractivity contribution in [3.8, 4) is 0 Å². The van der Waals surface area contributed by atoms with Crippen LogP contribution < -0.4 is 5.32 Å². The summed E-state index contributed by atoms with van der Waals surface area (Å²) in [5.74, 6) is -2.38. The highest BCUT2D eigenvalue weighted by Gasteiger charge is 2.07. The average Bonchev–Trinajstić information content (AvgIpc) is 2.40. The second-order valence-electron chi connectivity index (χ2n) is 4.32. The number of anilines is 1. The zero-order chi connectivity index (χ0) is 14.5. The van der Waals surface area contributed by atoms with Crippen molar-refractivity contribution in [1.29, 1.82) is 0 Å². The van der Waals surface area contributed by atoms with Crippen molar-refractivity contribution < 1.29 is 8.78 Å². The summed E-state index contributed by atoms with van der Waals surface area (Å²) in [4.78, 5) is 0.570. The number of nitrogens with one attached hydrogen (secondary N) is 1. The van der Waals surface area contributed by atoms with Gasteiger partial charge >= 0.3 is 0 Å². The molecule has 2 aromatic rings. The first-order chi connectivity index (χ1) is 9.54. The van der Waals surface area contributed by atoms with E-state index in [0.29, 0.717) is 16.7 Å². The maximum Gasteiger partial charge on any atom is 0.288 e. The fraction of sp³-hybridized carbons (Fsp3) is 0.200. The molecule has 0 bridgehead atoms. The van der Waals surface area contributed by atoms with Crippen LogP contribution in [-0.4, -0.2) is 5.76 Å².